The van der Waals surface area contributed by atoms with Gasteiger partial charge < -0.3 is 5.11 Å². The van der Waals surface area contributed by atoms with Crippen LogP contribution in [0.15, 0.2) is 18.2 Å². The highest BCUT2D eigenvalue weighted by Crippen LogP contribution is 2.26. The van der Waals surface area contributed by atoms with E-state index in [1.807, 2.05) is 13.0 Å². The van der Waals surface area contributed by atoms with E-state index in [0.29, 0.717) is 5.92 Å². The fourth-order valence-electron chi connectivity index (χ4n) is 2.61. The van der Waals surface area contributed by atoms with Crippen LogP contribution in [0, 0.1) is 18.7 Å². The highest BCUT2D eigenvalue weighted by Gasteiger charge is 2.30. The van der Waals surface area contributed by atoms with E-state index in [1.54, 1.807) is 6.07 Å². The van der Waals surface area contributed by atoms with Gasteiger partial charge in [0.1, 0.15) is 5.82 Å². The van der Waals surface area contributed by atoms with Gasteiger partial charge in [0.05, 0.1) is 6.61 Å². The van der Waals surface area contributed by atoms with E-state index in [0.717, 1.165) is 30.6 Å². The molecule has 1 N–H and O–H groups in total. The van der Waals surface area contributed by atoms with E-state index in [1.165, 1.54) is 6.07 Å². The molecule has 2 unspecified atom stereocenters. The third-order valence-corrected chi connectivity index (χ3v) is 3.87. The second-order valence-electron chi connectivity index (χ2n) is 5.06. The Morgan fingerprint density at radius 3 is 2.94 bits per heavy atom. The molecule has 2 nitrogen and oxygen atoms in total. The molecule has 1 aromatic rings. The Kier molecular flexibility index (Phi) is 3.79. The summed E-state index contributed by atoms with van der Waals surface area (Å²) in [5.74, 6) is 0.340. The summed E-state index contributed by atoms with van der Waals surface area (Å²) in [5, 5.41) is 9.39. The maximum atomic E-state index is 13.2. The molecule has 0 aliphatic carbocycles. The van der Waals surface area contributed by atoms with Crippen molar-refractivity contribution in [3.63, 3.8) is 0 Å². The minimum Gasteiger partial charge on any atom is -0.395 e. The predicted octanol–water partition coefficient (Wildman–Crippen LogP) is 2.34. The molecule has 1 saturated heterocycles. The molecule has 1 fully saturated rings. The summed E-state index contributed by atoms with van der Waals surface area (Å²) in [6.45, 7) is 6.08. The summed E-state index contributed by atoms with van der Waals surface area (Å²) in [6.07, 6.45) is 1.11. The van der Waals surface area contributed by atoms with Crippen molar-refractivity contribution in [2.45, 2.75) is 32.9 Å². The molecule has 0 aromatic heterocycles. The number of aryl methyl sites for hydroxylation is 1. The largest absolute Gasteiger partial charge is 0.395 e. The molecule has 1 aliphatic heterocycles. The summed E-state index contributed by atoms with van der Waals surface area (Å²) in [4.78, 5) is 2.26. The number of hydrogen-bond donors (Lipinski definition) is 1. The average molecular weight is 237 g/mol. The van der Waals surface area contributed by atoms with Crippen molar-refractivity contribution >= 4 is 0 Å². The van der Waals surface area contributed by atoms with E-state index in [4.69, 9.17) is 0 Å². The van der Waals surface area contributed by atoms with Crippen molar-refractivity contribution in [3.8, 4) is 0 Å². The predicted molar refractivity (Wildman–Crippen MR) is 66.2 cm³/mol. The van der Waals surface area contributed by atoms with Crippen LogP contribution in [0.1, 0.15) is 24.5 Å². The molecule has 94 valence electrons. The summed E-state index contributed by atoms with van der Waals surface area (Å²) in [5.41, 5.74) is 2.14. The second kappa shape index (κ2) is 5.15. The van der Waals surface area contributed by atoms with Crippen molar-refractivity contribution in [2.75, 3.05) is 13.2 Å². The third kappa shape index (κ3) is 2.67. The van der Waals surface area contributed by atoms with Crippen molar-refractivity contribution in [2.24, 2.45) is 5.92 Å². The van der Waals surface area contributed by atoms with Crippen molar-refractivity contribution in [1.29, 1.82) is 0 Å². The van der Waals surface area contributed by atoms with Gasteiger partial charge in [-0.1, -0.05) is 13.0 Å². The lowest BCUT2D eigenvalue weighted by molar-refractivity contribution is 0.134. The molecular weight excluding hydrogens is 217 g/mol. The first-order valence-corrected chi connectivity index (χ1v) is 6.21. The summed E-state index contributed by atoms with van der Waals surface area (Å²) in [7, 11) is 0. The minimum absolute atomic E-state index is 0.182. The van der Waals surface area contributed by atoms with Crippen LogP contribution in [-0.2, 0) is 6.54 Å². The molecule has 0 saturated carbocycles. The maximum absolute atomic E-state index is 13.2. The molecule has 0 bridgehead atoms. The van der Waals surface area contributed by atoms with Crippen LogP contribution >= 0.6 is 0 Å². The first kappa shape index (κ1) is 12.5. The number of nitrogens with zero attached hydrogens (tertiary/aromatic N) is 1. The lowest BCUT2D eigenvalue weighted by Gasteiger charge is -2.25. The zero-order valence-electron chi connectivity index (χ0n) is 10.5. The van der Waals surface area contributed by atoms with Crippen LogP contribution in [-0.4, -0.2) is 29.2 Å². The highest BCUT2D eigenvalue weighted by molar-refractivity contribution is 5.26. The Labute approximate surface area is 102 Å². The number of aliphatic hydroxyl groups is 1. The van der Waals surface area contributed by atoms with Crippen molar-refractivity contribution < 1.29 is 9.50 Å². The molecule has 2 rings (SSSR count). The number of benzene rings is 1. The van der Waals surface area contributed by atoms with Crippen LogP contribution in [0.3, 0.4) is 0 Å². The number of aliphatic hydroxyl groups excluding tert-OH is 1. The van der Waals surface area contributed by atoms with E-state index in [9.17, 15) is 9.50 Å². The molecular formula is C14H20FNO. The topological polar surface area (TPSA) is 23.5 Å². The van der Waals surface area contributed by atoms with E-state index in [2.05, 4.69) is 11.8 Å². The molecule has 17 heavy (non-hydrogen) atoms. The Morgan fingerprint density at radius 2 is 2.24 bits per heavy atom. The Hall–Kier alpha value is -0.930. The number of likely N-dealkylation sites (tertiary alicyclic amines) is 1. The molecule has 0 amide bonds. The highest BCUT2D eigenvalue weighted by atomic mass is 19.1. The lowest BCUT2D eigenvalue weighted by atomic mass is 10.0. The quantitative estimate of drug-likeness (QED) is 0.872. The molecule has 3 heteroatoms. The van der Waals surface area contributed by atoms with E-state index in [-0.39, 0.29) is 18.5 Å². The smallest absolute Gasteiger partial charge is 0.123 e. The van der Waals surface area contributed by atoms with Gasteiger partial charge in [-0.05, 0) is 49.1 Å². The average Bonchev–Trinajstić information content (AvgIpc) is 2.64. The van der Waals surface area contributed by atoms with E-state index >= 15 is 0 Å². The maximum Gasteiger partial charge on any atom is 0.123 e. The number of halogens is 1. The normalized spacial score (nSPS) is 25.4. The third-order valence-electron chi connectivity index (χ3n) is 3.87. The first-order valence-electron chi connectivity index (χ1n) is 6.21. The van der Waals surface area contributed by atoms with Gasteiger partial charge in [0.2, 0.25) is 0 Å². The van der Waals surface area contributed by atoms with Gasteiger partial charge in [-0.3, -0.25) is 4.90 Å². The summed E-state index contributed by atoms with van der Waals surface area (Å²) in [6, 6.07) is 5.14. The Bertz CT molecular complexity index is 394. The van der Waals surface area contributed by atoms with Crippen LogP contribution in [0.4, 0.5) is 4.39 Å². The molecule has 1 aliphatic rings. The summed E-state index contributed by atoms with van der Waals surface area (Å²) >= 11 is 0. The second-order valence-corrected chi connectivity index (χ2v) is 5.06. The Balaban J connectivity index is 2.12. The fourth-order valence-corrected chi connectivity index (χ4v) is 2.61. The van der Waals surface area contributed by atoms with Gasteiger partial charge in [-0.25, -0.2) is 4.39 Å². The molecule has 0 spiro atoms. The zero-order valence-corrected chi connectivity index (χ0v) is 10.5. The summed E-state index contributed by atoms with van der Waals surface area (Å²) < 4.78 is 13.2. The van der Waals surface area contributed by atoms with Crippen LogP contribution in [0.25, 0.3) is 0 Å². The van der Waals surface area contributed by atoms with Crippen LogP contribution < -0.4 is 0 Å². The first-order chi connectivity index (χ1) is 8.11. The van der Waals surface area contributed by atoms with Crippen LogP contribution in [0.5, 0.6) is 0 Å². The molecule has 2 atom stereocenters. The molecule has 1 aromatic carbocycles. The lowest BCUT2D eigenvalue weighted by Crippen LogP contribution is -2.34. The van der Waals surface area contributed by atoms with Gasteiger partial charge >= 0.3 is 0 Å². The van der Waals surface area contributed by atoms with Gasteiger partial charge in [0.15, 0.2) is 0 Å². The SMILES string of the molecule is Cc1ccc(F)cc1CN1CCC(C)C1CO. The number of hydrogen-bond acceptors (Lipinski definition) is 2. The fraction of sp³-hybridized carbons (Fsp3) is 0.571. The van der Waals surface area contributed by atoms with Crippen molar-refractivity contribution in [1.82, 2.24) is 4.90 Å². The zero-order chi connectivity index (χ0) is 12.4. The van der Waals surface area contributed by atoms with Crippen molar-refractivity contribution in [3.05, 3.63) is 35.1 Å². The van der Waals surface area contributed by atoms with Crippen LogP contribution in [0.2, 0.25) is 0 Å². The van der Waals surface area contributed by atoms with Gasteiger partial charge in [-0.2, -0.15) is 0 Å². The molecule has 1 heterocycles. The standard InChI is InChI=1S/C14H20FNO/c1-10-3-4-13(15)7-12(10)8-16-6-5-11(2)14(16)9-17/h3-4,7,11,14,17H,5-6,8-9H2,1-2H3. The van der Waals surface area contributed by atoms with E-state index < -0.39 is 0 Å². The van der Waals surface area contributed by atoms with Gasteiger partial charge in [0, 0.05) is 12.6 Å². The van der Waals surface area contributed by atoms with Gasteiger partial charge in [-0.15, -0.1) is 0 Å². The molecule has 0 radical (unpaired) electrons. The van der Waals surface area contributed by atoms with Gasteiger partial charge in [0.25, 0.3) is 0 Å². The monoisotopic (exact) mass is 237 g/mol. The Morgan fingerprint density at radius 1 is 1.47 bits per heavy atom. The minimum atomic E-state index is -0.182. The number of rotatable bonds is 3.